The molecule has 2 rings (SSSR count). The van der Waals surface area contributed by atoms with Gasteiger partial charge in [-0.1, -0.05) is 25.1 Å². The molecular weight excluding hydrogens is 266 g/mol. The fraction of sp³-hybridized carbons (Fsp3) is 0.588. The summed E-state index contributed by atoms with van der Waals surface area (Å²) in [5.74, 6) is 1.23. The zero-order valence-corrected chi connectivity index (χ0v) is 12.9. The molecule has 0 heterocycles. The number of carbonyl (C=O) groups is 1. The lowest BCUT2D eigenvalue weighted by atomic mass is 9.77. The fourth-order valence-electron chi connectivity index (χ4n) is 2.83. The molecule has 4 nitrogen and oxygen atoms in total. The molecule has 0 saturated heterocycles. The largest absolute Gasteiger partial charge is 0.484 e. The van der Waals surface area contributed by atoms with E-state index in [2.05, 4.69) is 12.2 Å². The zero-order valence-electron chi connectivity index (χ0n) is 12.9. The van der Waals surface area contributed by atoms with E-state index in [4.69, 9.17) is 4.74 Å². The second kappa shape index (κ2) is 6.94. The lowest BCUT2D eigenvalue weighted by Gasteiger charge is -2.38. The van der Waals surface area contributed by atoms with Crippen molar-refractivity contribution in [2.24, 2.45) is 5.92 Å². The van der Waals surface area contributed by atoms with E-state index >= 15 is 0 Å². The molecule has 0 aliphatic heterocycles. The van der Waals surface area contributed by atoms with Crippen LogP contribution in [-0.4, -0.2) is 29.8 Å². The summed E-state index contributed by atoms with van der Waals surface area (Å²) in [7, 11) is 0. The van der Waals surface area contributed by atoms with Gasteiger partial charge in [0.05, 0.1) is 12.1 Å². The Hall–Kier alpha value is -1.55. The smallest absolute Gasteiger partial charge is 0.258 e. The minimum Gasteiger partial charge on any atom is -0.484 e. The molecule has 2 N–H and O–H groups in total. The molecule has 1 amide bonds. The van der Waals surface area contributed by atoms with Crippen LogP contribution in [-0.2, 0) is 4.79 Å². The maximum atomic E-state index is 12.1. The Balaban J connectivity index is 1.87. The monoisotopic (exact) mass is 291 g/mol. The first-order chi connectivity index (χ1) is 10.0. The van der Waals surface area contributed by atoms with E-state index in [1.165, 1.54) is 0 Å². The second-order valence-corrected chi connectivity index (χ2v) is 6.22. The Labute approximate surface area is 126 Å². The molecule has 4 heteroatoms. The molecule has 1 saturated carbocycles. The fourth-order valence-corrected chi connectivity index (χ4v) is 2.83. The summed E-state index contributed by atoms with van der Waals surface area (Å²) in [6.07, 6.45) is 3.75. The van der Waals surface area contributed by atoms with Crippen LogP contribution in [0.25, 0.3) is 0 Å². The van der Waals surface area contributed by atoms with Crippen molar-refractivity contribution >= 4 is 5.91 Å². The molecule has 0 unspecified atom stereocenters. The Morgan fingerprint density at radius 2 is 2.05 bits per heavy atom. The van der Waals surface area contributed by atoms with E-state index in [-0.39, 0.29) is 19.1 Å². The summed E-state index contributed by atoms with van der Waals surface area (Å²) in [6, 6.07) is 7.63. The van der Waals surface area contributed by atoms with E-state index < -0.39 is 5.54 Å². The van der Waals surface area contributed by atoms with Crippen LogP contribution in [0.1, 0.15) is 38.2 Å². The molecule has 0 bridgehead atoms. The third kappa shape index (κ3) is 4.21. The standard InChI is InChI=1S/C17H25NO3/c1-13-7-9-17(12-19,10-8-13)18-16(20)11-21-15-6-4-3-5-14(15)2/h3-6,13,19H,7-12H2,1-2H3,(H,18,20). The number of hydrogen-bond donors (Lipinski definition) is 2. The molecule has 0 atom stereocenters. The number of para-hydroxylation sites is 1. The van der Waals surface area contributed by atoms with Crippen LogP contribution < -0.4 is 10.1 Å². The molecular formula is C17H25NO3. The lowest BCUT2D eigenvalue weighted by Crippen LogP contribution is -2.54. The van der Waals surface area contributed by atoms with E-state index in [1.54, 1.807) is 0 Å². The van der Waals surface area contributed by atoms with Gasteiger partial charge in [-0.05, 0) is 50.2 Å². The van der Waals surface area contributed by atoms with Crippen LogP contribution in [0.3, 0.4) is 0 Å². The lowest BCUT2D eigenvalue weighted by molar-refractivity contribution is -0.126. The van der Waals surface area contributed by atoms with Crippen molar-refractivity contribution in [2.45, 2.75) is 45.1 Å². The number of benzene rings is 1. The third-order valence-electron chi connectivity index (χ3n) is 4.39. The normalized spacial score (nSPS) is 25.4. The van der Waals surface area contributed by atoms with Gasteiger partial charge in [-0.25, -0.2) is 0 Å². The van der Waals surface area contributed by atoms with Crippen LogP contribution in [0, 0.1) is 12.8 Å². The molecule has 0 aromatic heterocycles. The molecule has 1 aliphatic rings. The molecule has 1 aromatic rings. The topological polar surface area (TPSA) is 58.6 Å². The zero-order chi connectivity index (χ0) is 15.3. The molecule has 1 aliphatic carbocycles. The van der Waals surface area contributed by atoms with E-state index in [0.717, 1.165) is 37.0 Å². The minimum absolute atomic E-state index is 0.00414. The average Bonchev–Trinajstić information content (AvgIpc) is 2.49. The Morgan fingerprint density at radius 3 is 2.67 bits per heavy atom. The average molecular weight is 291 g/mol. The third-order valence-corrected chi connectivity index (χ3v) is 4.39. The first-order valence-electron chi connectivity index (χ1n) is 7.65. The van der Waals surface area contributed by atoms with Gasteiger partial charge in [0.1, 0.15) is 5.75 Å². The van der Waals surface area contributed by atoms with Gasteiger partial charge in [0, 0.05) is 0 Å². The number of aryl methyl sites for hydroxylation is 1. The van der Waals surface area contributed by atoms with Crippen molar-refractivity contribution in [1.82, 2.24) is 5.32 Å². The molecule has 116 valence electrons. The predicted molar refractivity (Wildman–Crippen MR) is 82.3 cm³/mol. The maximum Gasteiger partial charge on any atom is 0.258 e. The van der Waals surface area contributed by atoms with Gasteiger partial charge in [0.15, 0.2) is 6.61 Å². The van der Waals surface area contributed by atoms with Crippen molar-refractivity contribution in [3.63, 3.8) is 0 Å². The van der Waals surface area contributed by atoms with Gasteiger partial charge in [0.2, 0.25) is 0 Å². The highest BCUT2D eigenvalue weighted by molar-refractivity contribution is 5.78. The SMILES string of the molecule is Cc1ccccc1OCC(=O)NC1(CO)CCC(C)CC1. The number of rotatable bonds is 5. The number of nitrogens with one attached hydrogen (secondary N) is 1. The van der Waals surface area contributed by atoms with Crippen molar-refractivity contribution in [2.75, 3.05) is 13.2 Å². The van der Waals surface area contributed by atoms with Crippen LogP contribution in [0.4, 0.5) is 0 Å². The Kier molecular flexibility index (Phi) is 5.23. The highest BCUT2D eigenvalue weighted by Gasteiger charge is 2.34. The number of aliphatic hydroxyl groups is 1. The van der Waals surface area contributed by atoms with Gasteiger partial charge in [-0.3, -0.25) is 4.79 Å². The van der Waals surface area contributed by atoms with Gasteiger partial charge in [0.25, 0.3) is 5.91 Å². The van der Waals surface area contributed by atoms with Gasteiger partial charge in [-0.2, -0.15) is 0 Å². The molecule has 0 radical (unpaired) electrons. The number of amides is 1. The van der Waals surface area contributed by atoms with E-state index in [1.807, 2.05) is 31.2 Å². The first kappa shape index (κ1) is 15.8. The molecule has 21 heavy (non-hydrogen) atoms. The summed E-state index contributed by atoms with van der Waals surface area (Å²) < 4.78 is 5.56. The summed E-state index contributed by atoms with van der Waals surface area (Å²) >= 11 is 0. The summed E-state index contributed by atoms with van der Waals surface area (Å²) in [6.45, 7) is 4.15. The predicted octanol–water partition coefficient (Wildman–Crippen LogP) is 2.43. The van der Waals surface area contributed by atoms with Crippen molar-refractivity contribution in [3.05, 3.63) is 29.8 Å². The van der Waals surface area contributed by atoms with Crippen molar-refractivity contribution < 1.29 is 14.6 Å². The van der Waals surface area contributed by atoms with Gasteiger partial charge < -0.3 is 15.2 Å². The number of hydrogen-bond acceptors (Lipinski definition) is 3. The van der Waals surface area contributed by atoms with Crippen LogP contribution in [0.5, 0.6) is 5.75 Å². The Morgan fingerprint density at radius 1 is 1.38 bits per heavy atom. The summed E-state index contributed by atoms with van der Waals surface area (Å²) in [4.78, 5) is 12.1. The second-order valence-electron chi connectivity index (χ2n) is 6.22. The Bertz CT molecular complexity index is 479. The highest BCUT2D eigenvalue weighted by atomic mass is 16.5. The highest BCUT2D eigenvalue weighted by Crippen LogP contribution is 2.31. The molecule has 0 spiro atoms. The van der Waals surface area contributed by atoms with E-state index in [9.17, 15) is 9.90 Å². The first-order valence-corrected chi connectivity index (χ1v) is 7.65. The van der Waals surface area contributed by atoms with Crippen LogP contribution in [0.2, 0.25) is 0 Å². The van der Waals surface area contributed by atoms with Crippen LogP contribution >= 0.6 is 0 Å². The maximum absolute atomic E-state index is 12.1. The van der Waals surface area contributed by atoms with E-state index in [0.29, 0.717) is 5.92 Å². The number of aliphatic hydroxyl groups excluding tert-OH is 1. The van der Waals surface area contributed by atoms with Crippen LogP contribution in [0.15, 0.2) is 24.3 Å². The van der Waals surface area contributed by atoms with Crippen molar-refractivity contribution in [1.29, 1.82) is 0 Å². The van der Waals surface area contributed by atoms with Gasteiger partial charge >= 0.3 is 0 Å². The molecule has 1 fully saturated rings. The quantitative estimate of drug-likeness (QED) is 0.876. The molecule has 1 aromatic carbocycles. The summed E-state index contributed by atoms with van der Waals surface area (Å²) in [5.41, 5.74) is 0.548. The minimum atomic E-state index is -0.460. The number of carbonyl (C=O) groups excluding carboxylic acids is 1. The summed E-state index contributed by atoms with van der Waals surface area (Å²) in [5, 5.41) is 12.6. The van der Waals surface area contributed by atoms with Crippen molar-refractivity contribution in [3.8, 4) is 5.75 Å². The van der Waals surface area contributed by atoms with Gasteiger partial charge in [-0.15, -0.1) is 0 Å². The number of ether oxygens (including phenoxy) is 1.